The number of hydrogen-bond donors (Lipinski definition) is 1. The fourth-order valence-electron chi connectivity index (χ4n) is 1.97. The third-order valence-electron chi connectivity index (χ3n) is 3.17. The maximum Gasteiger partial charge on any atom is 2.00 e. The number of amides is 2. The minimum Gasteiger partial charge on any atom is -0.870 e. The van der Waals surface area contributed by atoms with E-state index in [0.29, 0.717) is 0 Å². The third kappa shape index (κ3) is 8.38. The van der Waals surface area contributed by atoms with E-state index in [1.165, 1.54) is 19.2 Å². The summed E-state index contributed by atoms with van der Waals surface area (Å²) in [7, 11) is 1.39. The van der Waals surface area contributed by atoms with Crippen molar-refractivity contribution in [3.8, 4) is 22.9 Å². The zero-order valence-corrected chi connectivity index (χ0v) is 16.4. The number of primary amides is 1. The largest absolute Gasteiger partial charge is 2.00 e. The molecule has 0 saturated carbocycles. The molecular formula is C19H20N5NiO4+. The van der Waals surface area contributed by atoms with Gasteiger partial charge in [-0.1, -0.05) is 30.0 Å². The molecule has 0 radical (unpaired) electrons. The van der Waals surface area contributed by atoms with Crippen LogP contribution in [0.5, 0.6) is 11.5 Å². The Balaban J connectivity index is 0.000000514. The van der Waals surface area contributed by atoms with E-state index >= 15 is 0 Å². The standard InChI is InChI=1S/C10H8N2.C9H11N3O3.Ni.H2O/c1-3-7-11-9(5-1)10-6-2-4-8-12-10;1-15-7-4-2-3-6(8(7)13)5-11-12-9(10)14;;/h1-8H;2-5H,1H3,(H4,10,11,12,13,14);;1H2/q;;+2;/p-1. The topological polar surface area (TPSA) is 161 Å². The number of carbonyl (C=O) groups is 1. The van der Waals surface area contributed by atoms with Crippen LogP contribution in [0, 0.1) is 0 Å². The monoisotopic (exact) mass is 440 g/mol. The third-order valence-corrected chi connectivity index (χ3v) is 3.17. The molecule has 154 valence electrons. The number of urea groups is 1. The van der Waals surface area contributed by atoms with Crippen molar-refractivity contribution < 1.29 is 36.6 Å². The summed E-state index contributed by atoms with van der Waals surface area (Å²) in [6, 6.07) is 15.4. The summed E-state index contributed by atoms with van der Waals surface area (Å²) in [6.07, 6.45) is 4.68. The second-order valence-electron chi connectivity index (χ2n) is 4.99. The molecule has 0 fully saturated rings. The molecule has 10 heteroatoms. The Kier molecular flexibility index (Phi) is 12.0. The summed E-state index contributed by atoms with van der Waals surface area (Å²) in [4.78, 5) is 18.6. The zero-order valence-electron chi connectivity index (χ0n) is 15.4. The van der Waals surface area contributed by atoms with Gasteiger partial charge >= 0.3 is 16.5 Å². The molecule has 0 spiro atoms. The fourth-order valence-corrected chi connectivity index (χ4v) is 1.97. The van der Waals surface area contributed by atoms with Gasteiger partial charge in [0.25, 0.3) is 0 Å². The van der Waals surface area contributed by atoms with E-state index in [1.807, 2.05) is 36.4 Å². The molecule has 5 N–H and O–H groups in total. The van der Waals surface area contributed by atoms with Gasteiger partial charge in [-0.25, -0.2) is 0 Å². The first-order valence-electron chi connectivity index (χ1n) is 7.81. The first kappa shape index (κ1) is 25.5. The van der Waals surface area contributed by atoms with Crippen molar-refractivity contribution in [2.24, 2.45) is 10.8 Å². The van der Waals surface area contributed by atoms with E-state index in [4.69, 9.17) is 10.5 Å². The molecule has 9 nitrogen and oxygen atoms in total. The van der Waals surface area contributed by atoms with E-state index in [9.17, 15) is 9.90 Å². The molecule has 2 heterocycles. The second kappa shape index (κ2) is 13.6. The molecule has 0 atom stereocenters. The van der Waals surface area contributed by atoms with Crippen LogP contribution in [0.4, 0.5) is 4.79 Å². The Bertz CT molecular complexity index is 858. The molecule has 2 amide bonds. The molecule has 0 aliphatic carbocycles. The number of para-hydroxylation sites is 1. The minimum atomic E-state index is -0.915. The number of methoxy groups -OCH3 is 1. The first-order chi connectivity index (χ1) is 13.1. The average Bonchev–Trinajstić information content (AvgIpc) is 2.71. The molecule has 0 aliphatic heterocycles. The molecule has 0 bridgehead atoms. The van der Waals surface area contributed by atoms with E-state index in [1.54, 1.807) is 18.5 Å². The van der Waals surface area contributed by atoms with Crippen LogP contribution >= 0.6 is 0 Å². The van der Waals surface area contributed by atoms with Crippen LogP contribution < -0.4 is 15.6 Å². The Hall–Kier alpha value is -3.49. The van der Waals surface area contributed by atoms with Crippen molar-refractivity contribution in [2.75, 3.05) is 7.11 Å². The van der Waals surface area contributed by atoms with Gasteiger partial charge < -0.3 is 26.5 Å². The Morgan fingerprint density at radius 1 is 1.07 bits per heavy atom. The van der Waals surface area contributed by atoms with Crippen LogP contribution in [0.1, 0.15) is 5.56 Å². The summed E-state index contributed by atoms with van der Waals surface area (Å²) in [6.45, 7) is 0. The summed E-state index contributed by atoms with van der Waals surface area (Å²) in [5, 5.41) is 14.8. The SMILES string of the molecule is COc1cccc(/C=N/[N-]C(N)=O)c1[O-].[Ni+2].[OH3+].c1ccc(-c2ccccn2)nc1. The number of rotatable bonds is 4. The zero-order chi connectivity index (χ0) is 19.5. The van der Waals surface area contributed by atoms with Crippen LogP contribution in [0.3, 0.4) is 0 Å². The van der Waals surface area contributed by atoms with Gasteiger partial charge in [-0.2, -0.15) is 0 Å². The van der Waals surface area contributed by atoms with E-state index in [-0.39, 0.29) is 39.0 Å². The second-order valence-corrected chi connectivity index (χ2v) is 4.99. The van der Waals surface area contributed by atoms with Crippen LogP contribution in [0.2, 0.25) is 0 Å². The molecule has 0 aliphatic rings. The van der Waals surface area contributed by atoms with Gasteiger partial charge in [0.1, 0.15) is 5.75 Å². The number of hydrogen-bond acceptors (Lipinski definition) is 6. The Morgan fingerprint density at radius 3 is 2.10 bits per heavy atom. The van der Waals surface area contributed by atoms with Crippen LogP contribution in [0.25, 0.3) is 16.8 Å². The van der Waals surface area contributed by atoms with E-state index in [0.717, 1.165) is 17.6 Å². The molecule has 1 aromatic carbocycles. The van der Waals surface area contributed by atoms with Gasteiger partial charge in [-0.05, 0) is 35.9 Å². The molecule has 0 saturated heterocycles. The Labute approximate surface area is 177 Å². The molecule has 29 heavy (non-hydrogen) atoms. The summed E-state index contributed by atoms with van der Waals surface area (Å²) in [5.41, 5.74) is 9.88. The summed E-state index contributed by atoms with van der Waals surface area (Å²) < 4.78 is 4.82. The van der Waals surface area contributed by atoms with Crippen molar-refractivity contribution >= 4 is 12.2 Å². The Morgan fingerprint density at radius 2 is 1.66 bits per heavy atom. The predicted octanol–water partition coefficient (Wildman–Crippen LogP) is 1.77. The predicted molar refractivity (Wildman–Crippen MR) is 105 cm³/mol. The number of carbonyl (C=O) groups excluding carboxylic acids is 1. The maximum atomic E-state index is 11.5. The van der Waals surface area contributed by atoms with Gasteiger partial charge in [0.2, 0.25) is 0 Å². The smallest absolute Gasteiger partial charge is 0.870 e. The quantitative estimate of drug-likeness (QED) is 0.282. The van der Waals surface area contributed by atoms with Gasteiger partial charge in [0.15, 0.2) is 6.03 Å². The summed E-state index contributed by atoms with van der Waals surface area (Å²) >= 11 is 0. The average molecular weight is 441 g/mol. The van der Waals surface area contributed by atoms with Gasteiger partial charge in [0, 0.05) is 18.6 Å². The normalized spacial score (nSPS) is 9.28. The van der Waals surface area contributed by atoms with Gasteiger partial charge in [-0.15, -0.1) is 0 Å². The van der Waals surface area contributed by atoms with Crippen molar-refractivity contribution in [1.82, 2.24) is 9.97 Å². The molecule has 3 aromatic rings. The number of benzene rings is 1. The number of nitrogens with zero attached hydrogens (tertiary/aromatic N) is 4. The van der Waals surface area contributed by atoms with Crippen LogP contribution in [0.15, 0.2) is 72.1 Å². The van der Waals surface area contributed by atoms with Crippen LogP contribution in [-0.2, 0) is 22.0 Å². The van der Waals surface area contributed by atoms with Crippen molar-refractivity contribution in [1.29, 1.82) is 0 Å². The molecule has 0 unspecified atom stereocenters. The van der Waals surface area contributed by atoms with E-state index in [2.05, 4.69) is 20.5 Å². The van der Waals surface area contributed by atoms with Crippen molar-refractivity contribution in [2.45, 2.75) is 0 Å². The van der Waals surface area contributed by atoms with Crippen molar-refractivity contribution in [3.05, 3.63) is 78.0 Å². The van der Waals surface area contributed by atoms with E-state index < -0.39 is 6.03 Å². The van der Waals surface area contributed by atoms with Gasteiger partial charge in [-0.3, -0.25) is 19.9 Å². The van der Waals surface area contributed by atoms with Crippen molar-refractivity contribution in [3.63, 3.8) is 0 Å². The number of nitrogens with two attached hydrogens (primary N) is 1. The minimum absolute atomic E-state index is 0. The molecule has 2 aromatic heterocycles. The number of pyridine rings is 2. The number of aromatic nitrogens is 2. The first-order valence-corrected chi connectivity index (χ1v) is 7.81. The van der Waals surface area contributed by atoms with Crippen LogP contribution in [-0.4, -0.2) is 29.3 Å². The summed E-state index contributed by atoms with van der Waals surface area (Å²) in [5.74, 6) is -0.110. The number of ether oxygens (including phenoxy) is 1. The molecular weight excluding hydrogens is 421 g/mol. The molecule has 3 rings (SSSR count). The fraction of sp³-hybridized carbons (Fsp3) is 0.0526. The maximum absolute atomic E-state index is 11.5. The van der Waals surface area contributed by atoms with Gasteiger partial charge in [0.05, 0.1) is 18.5 Å².